The molecule has 102 valence electrons. The standard InChI is InChI=1S/C15H19NO3/c1-3-4-9-19-12-7-5-11(6-8-12)13-10-14(17)16(2)15(13)18/h5-8,13H,3-4,9-10H2,1-2H3/t13-/m1/s1. The molecule has 4 nitrogen and oxygen atoms in total. The van der Waals surface area contributed by atoms with Crippen molar-refractivity contribution >= 4 is 11.8 Å². The molecule has 0 bridgehead atoms. The number of likely N-dealkylation sites (N-methyl/N-ethyl adjacent to an activating group) is 1. The second-order valence-electron chi connectivity index (χ2n) is 4.82. The number of unbranched alkanes of at least 4 members (excludes halogenated alkanes) is 1. The third kappa shape index (κ3) is 2.95. The first-order chi connectivity index (χ1) is 9.13. The number of likely N-dealkylation sites (tertiary alicyclic amines) is 1. The maximum absolute atomic E-state index is 11.9. The van der Waals surface area contributed by atoms with Gasteiger partial charge < -0.3 is 4.74 Å². The van der Waals surface area contributed by atoms with Gasteiger partial charge in [-0.25, -0.2) is 0 Å². The maximum Gasteiger partial charge on any atom is 0.236 e. The molecule has 0 aliphatic carbocycles. The molecule has 0 aromatic heterocycles. The molecule has 1 aliphatic heterocycles. The van der Waals surface area contributed by atoms with Crippen molar-refractivity contribution in [1.29, 1.82) is 0 Å². The molecule has 0 unspecified atom stereocenters. The molecule has 19 heavy (non-hydrogen) atoms. The van der Waals surface area contributed by atoms with Crippen LogP contribution in [0.25, 0.3) is 0 Å². The summed E-state index contributed by atoms with van der Waals surface area (Å²) >= 11 is 0. The minimum Gasteiger partial charge on any atom is -0.494 e. The highest BCUT2D eigenvalue weighted by Crippen LogP contribution is 2.29. The van der Waals surface area contributed by atoms with Crippen molar-refractivity contribution in [3.63, 3.8) is 0 Å². The number of ether oxygens (including phenoxy) is 1. The van der Waals surface area contributed by atoms with E-state index in [-0.39, 0.29) is 24.2 Å². The van der Waals surface area contributed by atoms with Gasteiger partial charge in [0.2, 0.25) is 11.8 Å². The lowest BCUT2D eigenvalue weighted by Gasteiger charge is -2.10. The van der Waals surface area contributed by atoms with Gasteiger partial charge in [-0.2, -0.15) is 0 Å². The molecular formula is C15H19NO3. The van der Waals surface area contributed by atoms with Gasteiger partial charge in [0.15, 0.2) is 0 Å². The predicted octanol–water partition coefficient (Wildman–Crippen LogP) is 2.34. The van der Waals surface area contributed by atoms with E-state index in [1.165, 1.54) is 11.9 Å². The molecule has 0 N–H and O–H groups in total. The van der Waals surface area contributed by atoms with Crippen molar-refractivity contribution in [3.8, 4) is 5.75 Å². The Hall–Kier alpha value is -1.84. The van der Waals surface area contributed by atoms with Crippen molar-refractivity contribution in [3.05, 3.63) is 29.8 Å². The Morgan fingerprint density at radius 3 is 2.47 bits per heavy atom. The Kier molecular flexibility index (Phi) is 4.20. The topological polar surface area (TPSA) is 46.6 Å². The SMILES string of the molecule is CCCCOc1ccc([C@H]2CC(=O)N(C)C2=O)cc1. The van der Waals surface area contributed by atoms with Crippen LogP contribution >= 0.6 is 0 Å². The van der Waals surface area contributed by atoms with Crippen molar-refractivity contribution in [2.24, 2.45) is 0 Å². The number of rotatable bonds is 5. The summed E-state index contributed by atoms with van der Waals surface area (Å²) < 4.78 is 5.57. The van der Waals surface area contributed by atoms with E-state index in [1.807, 2.05) is 24.3 Å². The van der Waals surface area contributed by atoms with Crippen LogP contribution in [0, 0.1) is 0 Å². The first-order valence-corrected chi connectivity index (χ1v) is 6.66. The lowest BCUT2D eigenvalue weighted by Crippen LogP contribution is -2.25. The normalized spacial score (nSPS) is 19.1. The number of carbonyl (C=O) groups is 2. The smallest absolute Gasteiger partial charge is 0.236 e. The van der Waals surface area contributed by atoms with Crippen molar-refractivity contribution in [1.82, 2.24) is 4.90 Å². The van der Waals surface area contributed by atoms with E-state index in [9.17, 15) is 9.59 Å². The molecular weight excluding hydrogens is 242 g/mol. The molecule has 0 spiro atoms. The minimum absolute atomic E-state index is 0.113. The van der Waals surface area contributed by atoms with Crippen molar-refractivity contribution < 1.29 is 14.3 Å². The van der Waals surface area contributed by atoms with Crippen LogP contribution in [0.3, 0.4) is 0 Å². The van der Waals surface area contributed by atoms with Crippen LogP contribution in [-0.2, 0) is 9.59 Å². The van der Waals surface area contributed by atoms with E-state index in [0.717, 1.165) is 24.2 Å². The first-order valence-electron chi connectivity index (χ1n) is 6.66. The number of hydrogen-bond acceptors (Lipinski definition) is 3. The van der Waals surface area contributed by atoms with Gasteiger partial charge in [0.05, 0.1) is 12.5 Å². The summed E-state index contributed by atoms with van der Waals surface area (Å²) in [5.41, 5.74) is 0.880. The van der Waals surface area contributed by atoms with Gasteiger partial charge in [-0.15, -0.1) is 0 Å². The average Bonchev–Trinajstić information content (AvgIpc) is 2.68. The van der Waals surface area contributed by atoms with Gasteiger partial charge in [-0.1, -0.05) is 25.5 Å². The zero-order valence-electron chi connectivity index (χ0n) is 11.4. The molecule has 1 atom stereocenters. The molecule has 0 radical (unpaired) electrons. The maximum atomic E-state index is 11.9. The highest BCUT2D eigenvalue weighted by Gasteiger charge is 2.36. The van der Waals surface area contributed by atoms with Crippen molar-refractivity contribution in [2.75, 3.05) is 13.7 Å². The first kappa shape index (κ1) is 13.6. The van der Waals surface area contributed by atoms with Gasteiger partial charge in [0.1, 0.15) is 5.75 Å². The zero-order valence-corrected chi connectivity index (χ0v) is 11.4. The number of benzene rings is 1. The molecule has 0 saturated carbocycles. The fourth-order valence-electron chi connectivity index (χ4n) is 2.15. The van der Waals surface area contributed by atoms with Crippen LogP contribution < -0.4 is 4.74 Å². The highest BCUT2D eigenvalue weighted by atomic mass is 16.5. The summed E-state index contributed by atoms with van der Waals surface area (Å²) in [6.07, 6.45) is 2.40. The Bertz CT molecular complexity index is 467. The fraction of sp³-hybridized carbons (Fsp3) is 0.467. The van der Waals surface area contributed by atoms with E-state index >= 15 is 0 Å². The van der Waals surface area contributed by atoms with Crippen LogP contribution in [0.15, 0.2) is 24.3 Å². The van der Waals surface area contributed by atoms with Crippen molar-refractivity contribution in [2.45, 2.75) is 32.1 Å². The highest BCUT2D eigenvalue weighted by molar-refractivity contribution is 6.05. The van der Waals surface area contributed by atoms with Gasteiger partial charge in [-0.05, 0) is 24.1 Å². The second-order valence-corrected chi connectivity index (χ2v) is 4.82. The van der Waals surface area contributed by atoms with Gasteiger partial charge in [0, 0.05) is 13.5 Å². The summed E-state index contributed by atoms with van der Waals surface area (Å²) in [7, 11) is 1.53. The molecule has 1 aromatic rings. The summed E-state index contributed by atoms with van der Waals surface area (Å²) in [6, 6.07) is 7.47. The van der Waals surface area contributed by atoms with E-state index in [0.29, 0.717) is 6.61 Å². The van der Waals surface area contributed by atoms with Gasteiger partial charge >= 0.3 is 0 Å². The molecule has 1 aromatic carbocycles. The van der Waals surface area contributed by atoms with E-state index in [1.54, 1.807) is 0 Å². The molecule has 1 heterocycles. The summed E-state index contributed by atoms with van der Waals surface area (Å²) in [5.74, 6) is 0.243. The van der Waals surface area contributed by atoms with Gasteiger partial charge in [-0.3, -0.25) is 14.5 Å². The lowest BCUT2D eigenvalue weighted by atomic mass is 9.97. The van der Waals surface area contributed by atoms with E-state index < -0.39 is 0 Å². The number of carbonyl (C=O) groups excluding carboxylic acids is 2. The quantitative estimate of drug-likeness (QED) is 0.603. The fourth-order valence-corrected chi connectivity index (χ4v) is 2.15. The van der Waals surface area contributed by atoms with E-state index in [2.05, 4.69) is 6.92 Å². The van der Waals surface area contributed by atoms with Crippen LogP contribution in [0.2, 0.25) is 0 Å². The van der Waals surface area contributed by atoms with Crippen LogP contribution in [0.4, 0.5) is 0 Å². The monoisotopic (exact) mass is 261 g/mol. The Labute approximate surface area is 113 Å². The summed E-state index contributed by atoms with van der Waals surface area (Å²) in [4.78, 5) is 24.6. The third-order valence-corrected chi connectivity index (χ3v) is 3.43. The zero-order chi connectivity index (χ0) is 13.8. The molecule has 1 saturated heterocycles. The molecule has 4 heteroatoms. The van der Waals surface area contributed by atoms with E-state index in [4.69, 9.17) is 4.74 Å². The number of imide groups is 1. The Morgan fingerprint density at radius 1 is 1.26 bits per heavy atom. The second kappa shape index (κ2) is 5.87. The van der Waals surface area contributed by atoms with Crippen LogP contribution in [0.5, 0.6) is 5.75 Å². The largest absolute Gasteiger partial charge is 0.494 e. The molecule has 1 fully saturated rings. The lowest BCUT2D eigenvalue weighted by molar-refractivity contribution is -0.137. The Balaban J connectivity index is 2.02. The number of amides is 2. The summed E-state index contributed by atoms with van der Waals surface area (Å²) in [6.45, 7) is 2.82. The minimum atomic E-state index is -0.331. The third-order valence-electron chi connectivity index (χ3n) is 3.43. The van der Waals surface area contributed by atoms with Crippen LogP contribution in [0.1, 0.15) is 37.7 Å². The molecule has 1 aliphatic rings. The predicted molar refractivity (Wildman–Crippen MR) is 72.0 cm³/mol. The Morgan fingerprint density at radius 2 is 1.95 bits per heavy atom. The number of nitrogens with zero attached hydrogens (tertiary/aromatic N) is 1. The van der Waals surface area contributed by atoms with Crippen LogP contribution in [-0.4, -0.2) is 30.4 Å². The molecule has 2 amide bonds. The molecule has 2 rings (SSSR count). The summed E-state index contributed by atoms with van der Waals surface area (Å²) in [5, 5.41) is 0. The van der Waals surface area contributed by atoms with Gasteiger partial charge in [0.25, 0.3) is 0 Å². The average molecular weight is 261 g/mol. The number of hydrogen-bond donors (Lipinski definition) is 0.